The zero-order valence-electron chi connectivity index (χ0n) is 11.7. The molecule has 0 spiro atoms. The number of amides is 2. The van der Waals surface area contributed by atoms with Crippen molar-refractivity contribution in [3.8, 4) is 11.5 Å². The second kappa shape index (κ2) is 5.76. The lowest BCUT2D eigenvalue weighted by Crippen LogP contribution is -2.32. The molecule has 0 aliphatic carbocycles. The minimum Gasteiger partial charge on any atom is -0.454 e. The van der Waals surface area contributed by atoms with E-state index >= 15 is 0 Å². The van der Waals surface area contributed by atoms with Gasteiger partial charge in [0.25, 0.3) is 5.91 Å². The number of rotatable bonds is 4. The van der Waals surface area contributed by atoms with Crippen molar-refractivity contribution < 1.29 is 23.6 Å². The van der Waals surface area contributed by atoms with E-state index in [9.17, 15) is 9.59 Å². The SMILES string of the molecule is Cc1cc(NC(=O)CNC(=O)c2ccc3c(c2)OCO3)no1. The Morgan fingerprint density at radius 1 is 1.23 bits per heavy atom. The number of hydrogen-bond acceptors (Lipinski definition) is 6. The molecule has 2 amide bonds. The quantitative estimate of drug-likeness (QED) is 0.876. The second-order valence-electron chi connectivity index (χ2n) is 4.62. The Morgan fingerprint density at radius 2 is 2.05 bits per heavy atom. The van der Waals surface area contributed by atoms with Gasteiger partial charge >= 0.3 is 0 Å². The van der Waals surface area contributed by atoms with Crippen LogP contribution >= 0.6 is 0 Å². The number of anilines is 1. The van der Waals surface area contributed by atoms with Gasteiger partial charge in [0.2, 0.25) is 12.7 Å². The van der Waals surface area contributed by atoms with Crippen LogP contribution in [0.4, 0.5) is 5.82 Å². The molecule has 0 saturated heterocycles. The van der Waals surface area contributed by atoms with Crippen molar-refractivity contribution in [2.24, 2.45) is 0 Å². The van der Waals surface area contributed by atoms with Crippen molar-refractivity contribution in [1.82, 2.24) is 10.5 Å². The van der Waals surface area contributed by atoms with Gasteiger partial charge in [-0.3, -0.25) is 9.59 Å². The largest absolute Gasteiger partial charge is 0.454 e. The average molecular weight is 303 g/mol. The lowest BCUT2D eigenvalue weighted by Gasteiger charge is -2.05. The monoisotopic (exact) mass is 303 g/mol. The van der Waals surface area contributed by atoms with E-state index in [0.717, 1.165) is 0 Å². The lowest BCUT2D eigenvalue weighted by molar-refractivity contribution is -0.115. The Morgan fingerprint density at radius 3 is 2.82 bits per heavy atom. The van der Waals surface area contributed by atoms with Gasteiger partial charge in [-0.2, -0.15) is 0 Å². The molecule has 2 N–H and O–H groups in total. The zero-order valence-corrected chi connectivity index (χ0v) is 11.7. The number of fused-ring (bicyclic) bond motifs is 1. The van der Waals surface area contributed by atoms with Crippen LogP contribution in [0.15, 0.2) is 28.8 Å². The molecule has 2 aromatic rings. The number of nitrogens with one attached hydrogen (secondary N) is 2. The van der Waals surface area contributed by atoms with Gasteiger partial charge in [-0.1, -0.05) is 5.16 Å². The molecule has 3 rings (SSSR count). The zero-order chi connectivity index (χ0) is 15.5. The third kappa shape index (κ3) is 3.00. The summed E-state index contributed by atoms with van der Waals surface area (Å²) in [6.45, 7) is 1.67. The Kier molecular flexibility index (Phi) is 3.65. The molecular formula is C14H13N3O5. The van der Waals surface area contributed by atoms with Crippen LogP contribution in [0.2, 0.25) is 0 Å². The molecule has 0 fully saturated rings. The Bertz CT molecular complexity index is 725. The summed E-state index contributed by atoms with van der Waals surface area (Å²) in [7, 11) is 0. The second-order valence-corrected chi connectivity index (χ2v) is 4.62. The number of aryl methyl sites for hydroxylation is 1. The van der Waals surface area contributed by atoms with E-state index in [1.165, 1.54) is 0 Å². The van der Waals surface area contributed by atoms with E-state index in [0.29, 0.717) is 28.6 Å². The van der Waals surface area contributed by atoms with E-state index in [-0.39, 0.29) is 19.2 Å². The first-order valence-corrected chi connectivity index (χ1v) is 6.53. The standard InChI is InChI=1S/C14H13N3O5/c1-8-4-12(17-22-8)16-13(18)6-15-14(19)9-2-3-10-11(5-9)21-7-20-10/h2-5H,6-7H2,1H3,(H,15,19)(H,16,17,18). The highest BCUT2D eigenvalue weighted by atomic mass is 16.7. The molecule has 22 heavy (non-hydrogen) atoms. The van der Waals surface area contributed by atoms with Gasteiger partial charge < -0.3 is 24.6 Å². The summed E-state index contributed by atoms with van der Waals surface area (Å²) in [6, 6.07) is 6.39. The van der Waals surface area contributed by atoms with E-state index < -0.39 is 5.91 Å². The van der Waals surface area contributed by atoms with Crippen LogP contribution in [0, 0.1) is 6.92 Å². The molecule has 1 aromatic carbocycles. The molecule has 114 valence electrons. The average Bonchev–Trinajstić information content (AvgIpc) is 3.12. The number of carbonyl (C=O) groups excluding carboxylic acids is 2. The van der Waals surface area contributed by atoms with Crippen LogP contribution in [0.5, 0.6) is 11.5 Å². The van der Waals surface area contributed by atoms with Crippen molar-refractivity contribution in [3.63, 3.8) is 0 Å². The molecule has 0 saturated carbocycles. The topological polar surface area (TPSA) is 103 Å². The van der Waals surface area contributed by atoms with Gasteiger partial charge in [0.05, 0.1) is 6.54 Å². The number of hydrogen-bond donors (Lipinski definition) is 2. The molecule has 2 heterocycles. The summed E-state index contributed by atoms with van der Waals surface area (Å²) in [5.74, 6) is 1.21. The summed E-state index contributed by atoms with van der Waals surface area (Å²) < 4.78 is 15.2. The van der Waals surface area contributed by atoms with Crippen molar-refractivity contribution in [1.29, 1.82) is 0 Å². The maximum Gasteiger partial charge on any atom is 0.251 e. The molecule has 8 nitrogen and oxygen atoms in total. The van der Waals surface area contributed by atoms with Gasteiger partial charge in [0.1, 0.15) is 5.76 Å². The number of ether oxygens (including phenoxy) is 2. The van der Waals surface area contributed by atoms with Gasteiger partial charge in [-0.15, -0.1) is 0 Å². The van der Waals surface area contributed by atoms with Gasteiger partial charge in [0.15, 0.2) is 17.3 Å². The van der Waals surface area contributed by atoms with Crippen LogP contribution in [-0.2, 0) is 4.79 Å². The summed E-state index contributed by atoms with van der Waals surface area (Å²) >= 11 is 0. The number of benzene rings is 1. The third-order valence-electron chi connectivity index (χ3n) is 2.94. The fourth-order valence-electron chi connectivity index (χ4n) is 1.91. The fourth-order valence-corrected chi connectivity index (χ4v) is 1.91. The minimum atomic E-state index is -0.401. The molecular weight excluding hydrogens is 290 g/mol. The maximum absolute atomic E-state index is 12.0. The summed E-state index contributed by atoms with van der Waals surface area (Å²) in [5.41, 5.74) is 0.384. The first-order chi connectivity index (χ1) is 10.6. The summed E-state index contributed by atoms with van der Waals surface area (Å²) in [4.78, 5) is 23.7. The van der Waals surface area contributed by atoms with Crippen LogP contribution in [0.25, 0.3) is 0 Å². The molecule has 0 bridgehead atoms. The van der Waals surface area contributed by atoms with Crippen LogP contribution in [-0.4, -0.2) is 30.3 Å². The van der Waals surface area contributed by atoms with E-state index in [4.69, 9.17) is 14.0 Å². The van der Waals surface area contributed by atoms with Crippen molar-refractivity contribution in [2.75, 3.05) is 18.7 Å². The normalized spacial score (nSPS) is 12.0. The highest BCUT2D eigenvalue weighted by Crippen LogP contribution is 2.32. The molecule has 8 heteroatoms. The molecule has 0 radical (unpaired) electrons. The highest BCUT2D eigenvalue weighted by Gasteiger charge is 2.16. The molecule has 0 unspecified atom stereocenters. The molecule has 0 atom stereocenters. The van der Waals surface area contributed by atoms with E-state index in [1.54, 1.807) is 31.2 Å². The van der Waals surface area contributed by atoms with E-state index in [2.05, 4.69) is 15.8 Å². The Hall–Kier alpha value is -3.03. The molecule has 1 aliphatic heterocycles. The van der Waals surface area contributed by atoms with Crippen molar-refractivity contribution >= 4 is 17.6 Å². The summed E-state index contributed by atoms with van der Waals surface area (Å²) in [6.07, 6.45) is 0. The number of nitrogens with zero attached hydrogens (tertiary/aromatic N) is 1. The number of carbonyl (C=O) groups is 2. The maximum atomic E-state index is 12.0. The van der Waals surface area contributed by atoms with Crippen molar-refractivity contribution in [2.45, 2.75) is 6.92 Å². The van der Waals surface area contributed by atoms with Gasteiger partial charge in [-0.05, 0) is 25.1 Å². The fraction of sp³-hybridized carbons (Fsp3) is 0.214. The first-order valence-electron chi connectivity index (χ1n) is 6.53. The Labute approximate surface area is 125 Å². The highest BCUT2D eigenvalue weighted by molar-refractivity contribution is 5.99. The van der Waals surface area contributed by atoms with Gasteiger partial charge in [-0.25, -0.2) is 0 Å². The number of aromatic nitrogens is 1. The van der Waals surface area contributed by atoms with Crippen LogP contribution < -0.4 is 20.1 Å². The predicted octanol–water partition coefficient (Wildman–Crippen LogP) is 1.08. The van der Waals surface area contributed by atoms with E-state index in [1.807, 2.05) is 0 Å². The smallest absolute Gasteiger partial charge is 0.251 e. The van der Waals surface area contributed by atoms with Crippen molar-refractivity contribution in [3.05, 3.63) is 35.6 Å². The predicted molar refractivity (Wildman–Crippen MR) is 74.8 cm³/mol. The van der Waals surface area contributed by atoms with Crippen LogP contribution in [0.3, 0.4) is 0 Å². The molecule has 1 aliphatic rings. The summed E-state index contributed by atoms with van der Waals surface area (Å²) in [5, 5.41) is 8.65. The van der Waals surface area contributed by atoms with Gasteiger partial charge in [0, 0.05) is 11.6 Å². The Balaban J connectivity index is 1.54. The minimum absolute atomic E-state index is 0.139. The van der Waals surface area contributed by atoms with Crippen LogP contribution in [0.1, 0.15) is 16.1 Å². The lowest BCUT2D eigenvalue weighted by atomic mass is 10.2. The third-order valence-corrected chi connectivity index (χ3v) is 2.94. The molecule has 1 aromatic heterocycles. The first kappa shape index (κ1) is 13.9.